The van der Waals surface area contributed by atoms with Gasteiger partial charge in [-0.2, -0.15) is 0 Å². The first-order valence-corrected chi connectivity index (χ1v) is 13.6. The largest absolute Gasteiger partial charge is 0.403 e. The monoisotopic (exact) mass is 598 g/mol. The number of imidazole rings is 1. The second kappa shape index (κ2) is 19.0. The Labute approximate surface area is 234 Å². The van der Waals surface area contributed by atoms with Crippen LogP contribution >= 0.6 is 16.3 Å². The van der Waals surface area contributed by atoms with E-state index >= 15 is 0 Å². The normalized spacial score (nSPS) is 16.4. The van der Waals surface area contributed by atoms with Crippen molar-refractivity contribution < 1.29 is 22.8 Å². The summed E-state index contributed by atoms with van der Waals surface area (Å²) in [5.74, 6) is 1.46. The van der Waals surface area contributed by atoms with E-state index in [1.54, 1.807) is 13.3 Å². The molecule has 12 heteroatoms. The molecule has 1 aromatic rings. The molecule has 11 nitrogen and oxygen atoms in total. The number of ether oxygens (including phenoxy) is 4. The molecule has 0 atom stereocenters. The van der Waals surface area contributed by atoms with Crippen LogP contribution in [-0.4, -0.2) is 93.1 Å². The van der Waals surface area contributed by atoms with Gasteiger partial charge in [-0.1, -0.05) is 12.2 Å². The molecule has 0 radical (unpaired) electrons. The van der Waals surface area contributed by atoms with Gasteiger partial charge in [-0.05, 0) is 39.8 Å². The van der Waals surface area contributed by atoms with Gasteiger partial charge < -0.3 is 38.0 Å². The summed E-state index contributed by atoms with van der Waals surface area (Å²) in [6.07, 6.45) is 10.3. The zero-order valence-electron chi connectivity index (χ0n) is 22.9. The Bertz CT molecular complexity index is 989. The van der Waals surface area contributed by atoms with E-state index in [0.29, 0.717) is 64.7 Å². The zero-order chi connectivity index (χ0) is 27.6. The van der Waals surface area contributed by atoms with Gasteiger partial charge in [-0.15, -0.1) is 0 Å². The van der Waals surface area contributed by atoms with Crippen molar-refractivity contribution in [1.29, 1.82) is 0 Å². The van der Waals surface area contributed by atoms with Crippen molar-refractivity contribution in [3.8, 4) is 0 Å². The third-order valence-electron chi connectivity index (χ3n) is 5.95. The Hall–Kier alpha value is -2.09. The molecule has 1 aromatic heterocycles. The highest BCUT2D eigenvalue weighted by molar-refractivity contribution is 9.06. The number of hydrogen-bond donors (Lipinski definition) is 1. The minimum absolute atomic E-state index is 0.187. The van der Waals surface area contributed by atoms with Gasteiger partial charge in [0.1, 0.15) is 17.8 Å². The summed E-state index contributed by atoms with van der Waals surface area (Å²) >= 11 is 2.88. The van der Waals surface area contributed by atoms with Gasteiger partial charge in [-0.25, -0.2) is 15.0 Å². The zero-order valence-corrected chi connectivity index (χ0v) is 24.5. The van der Waals surface area contributed by atoms with Crippen molar-refractivity contribution >= 4 is 41.2 Å². The van der Waals surface area contributed by atoms with E-state index in [4.69, 9.17) is 33.5 Å². The van der Waals surface area contributed by atoms with E-state index in [1.165, 1.54) is 6.20 Å². The second-order valence-electron chi connectivity index (χ2n) is 8.85. The summed E-state index contributed by atoms with van der Waals surface area (Å²) in [5, 5.41) is 1.68. The van der Waals surface area contributed by atoms with E-state index in [2.05, 4.69) is 62.4 Å². The smallest absolute Gasteiger partial charge is 0.224 e. The quantitative estimate of drug-likeness (QED) is 0.174. The lowest BCUT2D eigenvalue weighted by Crippen LogP contribution is -2.39. The van der Waals surface area contributed by atoms with E-state index < -0.39 is 0 Å². The lowest BCUT2D eigenvalue weighted by atomic mass is 10.1. The van der Waals surface area contributed by atoms with Gasteiger partial charge in [0.15, 0.2) is 0 Å². The SMILES string of the molecule is C=NC(=N/C=C\C/C=c1\c(=C/N)nc(COCCOCCOCCOBr)n1C(C)C)N1CCC(OC)CC1. The fourth-order valence-electron chi connectivity index (χ4n) is 4.08. The molecule has 0 aromatic carbocycles. The molecule has 0 spiro atoms. The summed E-state index contributed by atoms with van der Waals surface area (Å²) in [6.45, 7) is 13.0. The molecule has 0 saturated carbocycles. The van der Waals surface area contributed by atoms with Crippen LogP contribution in [0.5, 0.6) is 0 Å². The van der Waals surface area contributed by atoms with Crippen LogP contribution in [0.4, 0.5) is 0 Å². The van der Waals surface area contributed by atoms with Crippen molar-refractivity contribution in [2.45, 2.75) is 51.9 Å². The van der Waals surface area contributed by atoms with Crippen molar-refractivity contribution in [2.24, 2.45) is 15.7 Å². The maximum Gasteiger partial charge on any atom is 0.224 e. The van der Waals surface area contributed by atoms with Crippen LogP contribution < -0.4 is 16.4 Å². The number of rotatable bonds is 16. The van der Waals surface area contributed by atoms with Crippen LogP contribution in [0.15, 0.2) is 22.3 Å². The van der Waals surface area contributed by atoms with Gasteiger partial charge >= 0.3 is 0 Å². The number of hydrogen-bond acceptors (Lipinski definition) is 8. The third kappa shape index (κ3) is 11.0. The summed E-state index contributed by atoms with van der Waals surface area (Å²) in [6, 6.07) is 0.187. The molecule has 1 aliphatic heterocycles. The number of aromatic nitrogens is 2. The number of halogens is 1. The number of aliphatic imine (C=N–C) groups is 2. The molecule has 0 amide bonds. The minimum atomic E-state index is 0.187. The molecular weight excluding hydrogens is 556 g/mol. The Kier molecular flexibility index (Phi) is 16.1. The first-order valence-electron chi connectivity index (χ1n) is 13.0. The molecule has 2 rings (SSSR count). The van der Waals surface area contributed by atoms with Crippen molar-refractivity contribution in [1.82, 2.24) is 14.5 Å². The molecule has 1 fully saturated rings. The highest BCUT2D eigenvalue weighted by atomic mass is 79.9. The van der Waals surface area contributed by atoms with Crippen molar-refractivity contribution in [3.63, 3.8) is 0 Å². The molecule has 0 aliphatic carbocycles. The van der Waals surface area contributed by atoms with Gasteiger partial charge in [0.05, 0.1) is 67.4 Å². The van der Waals surface area contributed by atoms with Crippen LogP contribution in [0.1, 0.15) is 45.0 Å². The van der Waals surface area contributed by atoms with Gasteiger partial charge in [0, 0.05) is 38.6 Å². The predicted octanol–water partition coefficient (Wildman–Crippen LogP) is 1.89. The van der Waals surface area contributed by atoms with Crippen LogP contribution in [0.2, 0.25) is 0 Å². The Balaban J connectivity index is 1.92. The number of likely N-dealkylation sites (tertiary alicyclic amines) is 1. The maximum atomic E-state index is 5.90. The van der Waals surface area contributed by atoms with E-state index in [9.17, 15) is 0 Å². The number of guanidine groups is 1. The molecule has 214 valence electrons. The Morgan fingerprint density at radius 2 is 1.79 bits per heavy atom. The van der Waals surface area contributed by atoms with Gasteiger partial charge in [-0.3, -0.25) is 0 Å². The molecule has 0 bridgehead atoms. The number of methoxy groups -OCH3 is 1. The maximum absolute atomic E-state index is 5.90. The first kappa shape index (κ1) is 32.1. The summed E-state index contributed by atoms with van der Waals surface area (Å²) in [5.41, 5.74) is 5.90. The fourth-order valence-corrected chi connectivity index (χ4v) is 4.22. The minimum Gasteiger partial charge on any atom is -0.403 e. The average Bonchev–Trinajstić information content (AvgIpc) is 3.29. The molecule has 0 unspecified atom stereocenters. The molecular formula is C26H43BrN6O5. The lowest BCUT2D eigenvalue weighted by molar-refractivity contribution is 0.00562. The van der Waals surface area contributed by atoms with Crippen molar-refractivity contribution in [3.05, 3.63) is 28.8 Å². The van der Waals surface area contributed by atoms with Crippen LogP contribution in [0.25, 0.3) is 12.3 Å². The molecule has 1 saturated heterocycles. The highest BCUT2D eigenvalue weighted by Gasteiger charge is 2.20. The van der Waals surface area contributed by atoms with Crippen LogP contribution in [0, 0.1) is 0 Å². The Morgan fingerprint density at radius 3 is 2.37 bits per heavy atom. The van der Waals surface area contributed by atoms with E-state index in [1.807, 2.05) is 6.08 Å². The summed E-state index contributed by atoms with van der Waals surface area (Å²) in [4.78, 5) is 15.5. The predicted molar refractivity (Wildman–Crippen MR) is 153 cm³/mol. The topological polar surface area (TPSA) is 118 Å². The summed E-state index contributed by atoms with van der Waals surface area (Å²) in [7, 11) is 1.76. The molecule has 1 aliphatic rings. The number of allylic oxidation sites excluding steroid dienone is 1. The second-order valence-corrected chi connectivity index (χ2v) is 9.31. The summed E-state index contributed by atoms with van der Waals surface area (Å²) < 4.78 is 29.0. The van der Waals surface area contributed by atoms with Crippen LogP contribution in [0.3, 0.4) is 0 Å². The molecule has 2 heterocycles. The van der Waals surface area contributed by atoms with Crippen molar-refractivity contribution in [2.75, 3.05) is 59.8 Å². The highest BCUT2D eigenvalue weighted by Crippen LogP contribution is 2.13. The standard InChI is InChI=1S/C26H43BrN6O5/c1-21(2)33-24(7-5-6-10-30-26(29-3)32-11-8-22(34-4)9-12-32)23(19-28)31-25(33)20-37-16-15-35-13-14-36-17-18-38-27/h6-7,10,19,21-22H,3,5,8-9,11-18,20,28H2,1-2,4H3/b10-6-,23-19+,24-7+,30-26?. The lowest BCUT2D eigenvalue weighted by Gasteiger charge is -2.31. The number of piperidine rings is 1. The van der Waals surface area contributed by atoms with Crippen LogP contribution in [-0.2, 0) is 29.4 Å². The van der Waals surface area contributed by atoms with E-state index in [0.717, 1.165) is 42.5 Å². The average molecular weight is 600 g/mol. The molecule has 2 N–H and O–H groups in total. The number of nitrogens with two attached hydrogens (primary N) is 1. The van der Waals surface area contributed by atoms with E-state index in [-0.39, 0.29) is 6.04 Å². The van der Waals surface area contributed by atoms with Gasteiger partial charge in [0.2, 0.25) is 5.96 Å². The Morgan fingerprint density at radius 1 is 1.13 bits per heavy atom. The fraction of sp³-hybridized carbons (Fsp3) is 0.654. The van der Waals surface area contributed by atoms with Gasteiger partial charge in [0.25, 0.3) is 0 Å². The molecule has 38 heavy (non-hydrogen) atoms. The first-order chi connectivity index (χ1) is 18.5. The number of nitrogens with zero attached hydrogens (tertiary/aromatic N) is 5. The third-order valence-corrected chi connectivity index (χ3v) is 6.27.